The summed E-state index contributed by atoms with van der Waals surface area (Å²) in [6, 6.07) is 7.81. The van der Waals surface area contributed by atoms with E-state index in [1.807, 2.05) is 6.07 Å². The second-order valence-corrected chi connectivity index (χ2v) is 5.50. The fourth-order valence-electron chi connectivity index (χ4n) is 2.67. The Hall–Kier alpha value is -1.88. The highest BCUT2D eigenvalue weighted by molar-refractivity contribution is 5.84. The third-order valence-corrected chi connectivity index (χ3v) is 3.86. The van der Waals surface area contributed by atoms with E-state index in [2.05, 4.69) is 10.6 Å². The lowest BCUT2D eigenvalue weighted by Gasteiger charge is -2.22. The van der Waals surface area contributed by atoms with Crippen LogP contribution in [0.3, 0.4) is 0 Å². The Morgan fingerprint density at radius 3 is 2.71 bits per heavy atom. The number of carbonyl (C=O) groups excluding carboxylic acids is 1. The van der Waals surface area contributed by atoms with Gasteiger partial charge in [-0.05, 0) is 43.8 Å². The molecule has 1 fully saturated rings. The lowest BCUT2D eigenvalue weighted by atomic mass is 9.94. The minimum atomic E-state index is -1.03. The fourth-order valence-corrected chi connectivity index (χ4v) is 2.67. The first-order valence-electron chi connectivity index (χ1n) is 7.44. The number of carboxylic acid groups (broad SMARTS) is 1. The number of hydrogen-bond acceptors (Lipinski definition) is 3. The van der Waals surface area contributed by atoms with Crippen molar-refractivity contribution in [2.24, 2.45) is 5.92 Å². The summed E-state index contributed by atoms with van der Waals surface area (Å²) in [5.41, 5.74) is 0.595. The summed E-state index contributed by atoms with van der Waals surface area (Å²) in [4.78, 5) is 23.3. The van der Waals surface area contributed by atoms with Crippen molar-refractivity contribution in [1.82, 2.24) is 10.6 Å². The molecular formula is C16H22N2O3. The molecule has 2 atom stereocenters. The minimum absolute atomic E-state index is 0.197. The molecule has 1 amide bonds. The van der Waals surface area contributed by atoms with Gasteiger partial charge >= 0.3 is 5.97 Å². The fraction of sp³-hybridized carbons (Fsp3) is 0.500. The molecule has 1 aliphatic rings. The summed E-state index contributed by atoms with van der Waals surface area (Å²) >= 11 is 0. The molecule has 1 unspecified atom stereocenters. The van der Waals surface area contributed by atoms with Gasteiger partial charge in [-0.2, -0.15) is 0 Å². The highest BCUT2D eigenvalue weighted by Crippen LogP contribution is 2.17. The molecule has 0 aliphatic carbocycles. The highest BCUT2D eigenvalue weighted by Gasteiger charge is 2.22. The number of aliphatic carboxylic acids is 1. The average molecular weight is 290 g/mol. The van der Waals surface area contributed by atoms with Crippen LogP contribution in [0.5, 0.6) is 0 Å². The number of piperidine rings is 1. The quantitative estimate of drug-likeness (QED) is 0.745. The van der Waals surface area contributed by atoms with Crippen LogP contribution in [0.4, 0.5) is 0 Å². The van der Waals surface area contributed by atoms with Crippen molar-refractivity contribution >= 4 is 11.9 Å². The summed E-state index contributed by atoms with van der Waals surface area (Å²) in [6.45, 7) is 2.01. The molecule has 2 rings (SSSR count). The van der Waals surface area contributed by atoms with Crippen LogP contribution in [-0.2, 0) is 9.59 Å². The van der Waals surface area contributed by atoms with Gasteiger partial charge in [-0.15, -0.1) is 0 Å². The van der Waals surface area contributed by atoms with Gasteiger partial charge in [-0.25, -0.2) is 4.79 Å². The number of carboxylic acids is 1. The average Bonchev–Trinajstić information content (AvgIpc) is 2.52. The summed E-state index contributed by atoms with van der Waals surface area (Å²) in [6.07, 6.45) is 3.47. The van der Waals surface area contributed by atoms with E-state index in [1.165, 1.54) is 0 Å². The molecule has 0 radical (unpaired) electrons. The summed E-state index contributed by atoms with van der Waals surface area (Å²) < 4.78 is 0. The molecule has 0 bridgehead atoms. The SMILES string of the molecule is O=C(CCC1CCCNC1)N[C@H](C(=O)O)c1ccccc1. The maximum Gasteiger partial charge on any atom is 0.330 e. The number of nitrogens with one attached hydrogen (secondary N) is 2. The number of hydrogen-bond donors (Lipinski definition) is 3. The molecule has 1 heterocycles. The van der Waals surface area contributed by atoms with E-state index in [9.17, 15) is 14.7 Å². The standard InChI is InChI=1S/C16H22N2O3/c19-14(9-8-12-5-4-10-17-11-12)18-15(16(20)21)13-6-2-1-3-7-13/h1-3,6-7,12,15,17H,4-5,8-11H2,(H,18,19)(H,20,21)/t12?,15-/m0/s1. The van der Waals surface area contributed by atoms with Crippen LogP contribution < -0.4 is 10.6 Å². The van der Waals surface area contributed by atoms with Crippen LogP contribution in [0.15, 0.2) is 30.3 Å². The third kappa shape index (κ3) is 4.86. The lowest BCUT2D eigenvalue weighted by molar-refractivity contribution is -0.142. The molecule has 21 heavy (non-hydrogen) atoms. The Morgan fingerprint density at radius 2 is 2.10 bits per heavy atom. The van der Waals surface area contributed by atoms with Crippen LogP contribution in [-0.4, -0.2) is 30.1 Å². The van der Waals surface area contributed by atoms with Crippen molar-refractivity contribution in [3.8, 4) is 0 Å². The largest absolute Gasteiger partial charge is 0.479 e. The first-order valence-corrected chi connectivity index (χ1v) is 7.44. The van der Waals surface area contributed by atoms with E-state index >= 15 is 0 Å². The van der Waals surface area contributed by atoms with E-state index in [0.29, 0.717) is 17.9 Å². The van der Waals surface area contributed by atoms with Crippen molar-refractivity contribution in [2.75, 3.05) is 13.1 Å². The number of amides is 1. The van der Waals surface area contributed by atoms with Gasteiger partial charge in [0, 0.05) is 6.42 Å². The molecule has 1 aromatic rings. The highest BCUT2D eigenvalue weighted by atomic mass is 16.4. The number of benzene rings is 1. The molecule has 0 spiro atoms. The Labute approximate surface area is 124 Å². The molecule has 3 N–H and O–H groups in total. The van der Waals surface area contributed by atoms with Crippen LogP contribution in [0.25, 0.3) is 0 Å². The molecule has 5 nitrogen and oxygen atoms in total. The van der Waals surface area contributed by atoms with E-state index in [-0.39, 0.29) is 5.91 Å². The molecule has 0 aromatic heterocycles. The first kappa shape index (κ1) is 15.5. The van der Waals surface area contributed by atoms with Gasteiger partial charge in [0.25, 0.3) is 0 Å². The van der Waals surface area contributed by atoms with Crippen molar-refractivity contribution in [3.05, 3.63) is 35.9 Å². The molecule has 1 aromatic carbocycles. The zero-order valence-electron chi connectivity index (χ0n) is 12.0. The zero-order chi connectivity index (χ0) is 15.1. The zero-order valence-corrected chi connectivity index (χ0v) is 12.0. The smallest absolute Gasteiger partial charge is 0.330 e. The summed E-state index contributed by atoms with van der Waals surface area (Å²) in [5, 5.41) is 15.2. The first-order chi connectivity index (χ1) is 10.2. The molecule has 1 aliphatic heterocycles. The molecule has 114 valence electrons. The van der Waals surface area contributed by atoms with E-state index in [4.69, 9.17) is 0 Å². The number of rotatable bonds is 6. The van der Waals surface area contributed by atoms with Crippen molar-refractivity contribution < 1.29 is 14.7 Å². The van der Waals surface area contributed by atoms with Gasteiger partial charge in [0.05, 0.1) is 0 Å². The second-order valence-electron chi connectivity index (χ2n) is 5.50. The van der Waals surface area contributed by atoms with Crippen LogP contribution >= 0.6 is 0 Å². The Bertz CT molecular complexity index is 470. The normalized spacial score (nSPS) is 19.7. The minimum Gasteiger partial charge on any atom is -0.479 e. The monoisotopic (exact) mass is 290 g/mol. The number of carbonyl (C=O) groups is 2. The van der Waals surface area contributed by atoms with Gasteiger partial charge in [0.15, 0.2) is 6.04 Å². The van der Waals surface area contributed by atoms with Crippen LogP contribution in [0, 0.1) is 5.92 Å². The van der Waals surface area contributed by atoms with Gasteiger partial charge in [0.2, 0.25) is 5.91 Å². The van der Waals surface area contributed by atoms with Crippen molar-refractivity contribution in [1.29, 1.82) is 0 Å². The van der Waals surface area contributed by atoms with Gasteiger partial charge in [0.1, 0.15) is 0 Å². The predicted molar refractivity (Wildman–Crippen MR) is 79.8 cm³/mol. The van der Waals surface area contributed by atoms with E-state index < -0.39 is 12.0 Å². The molecular weight excluding hydrogens is 268 g/mol. The summed E-state index contributed by atoms with van der Waals surface area (Å²) in [5.74, 6) is -0.713. The Kier molecular flexibility index (Phi) is 5.75. The molecule has 1 saturated heterocycles. The van der Waals surface area contributed by atoms with Crippen molar-refractivity contribution in [3.63, 3.8) is 0 Å². The summed E-state index contributed by atoms with van der Waals surface area (Å²) in [7, 11) is 0. The second kappa shape index (κ2) is 7.78. The van der Waals surface area contributed by atoms with Crippen LogP contribution in [0.2, 0.25) is 0 Å². The molecule has 5 heteroatoms. The van der Waals surface area contributed by atoms with Crippen LogP contribution in [0.1, 0.15) is 37.3 Å². The molecule has 0 saturated carbocycles. The lowest BCUT2D eigenvalue weighted by Crippen LogP contribution is -2.35. The van der Waals surface area contributed by atoms with Crippen molar-refractivity contribution in [2.45, 2.75) is 31.7 Å². The Morgan fingerprint density at radius 1 is 1.33 bits per heavy atom. The maximum absolute atomic E-state index is 12.0. The van der Waals surface area contributed by atoms with Gasteiger partial charge in [-0.1, -0.05) is 30.3 Å². The predicted octanol–water partition coefficient (Wildman–Crippen LogP) is 1.71. The Balaban J connectivity index is 1.85. The van der Waals surface area contributed by atoms with Gasteiger partial charge in [-0.3, -0.25) is 4.79 Å². The third-order valence-electron chi connectivity index (χ3n) is 3.86. The maximum atomic E-state index is 12.0. The topological polar surface area (TPSA) is 78.4 Å². The van der Waals surface area contributed by atoms with Gasteiger partial charge < -0.3 is 15.7 Å². The van der Waals surface area contributed by atoms with E-state index in [1.54, 1.807) is 24.3 Å². The van der Waals surface area contributed by atoms with E-state index in [0.717, 1.165) is 32.4 Å².